The van der Waals surface area contributed by atoms with Gasteiger partial charge in [0.05, 0.1) is 7.11 Å². The first kappa shape index (κ1) is 17.0. The second-order valence-electron chi connectivity index (χ2n) is 5.12. The van der Waals surface area contributed by atoms with Crippen LogP contribution in [0.25, 0.3) is 0 Å². The summed E-state index contributed by atoms with van der Waals surface area (Å²) in [6, 6.07) is 10.1. The van der Waals surface area contributed by atoms with Crippen molar-refractivity contribution in [2.45, 2.75) is 6.23 Å². The van der Waals surface area contributed by atoms with Crippen LogP contribution in [0.2, 0.25) is 15.1 Å². The van der Waals surface area contributed by atoms with Crippen molar-refractivity contribution in [3.05, 3.63) is 57.0 Å². The molecule has 3 rings (SSSR count). The van der Waals surface area contributed by atoms with E-state index in [0.29, 0.717) is 32.1 Å². The molecule has 0 aromatic heterocycles. The number of hydrazine groups is 1. The molecule has 1 amide bonds. The van der Waals surface area contributed by atoms with E-state index in [9.17, 15) is 4.79 Å². The Hall–Kier alpha value is -1.82. The molecular weight excluding hydrogens is 375 g/mol. The van der Waals surface area contributed by atoms with Crippen molar-refractivity contribution in [2.75, 3.05) is 19.2 Å². The van der Waals surface area contributed by atoms with E-state index in [1.807, 2.05) is 0 Å². The fraction of sp³-hybridized carbons (Fsp3) is 0.188. The van der Waals surface area contributed by atoms with Crippen molar-refractivity contribution >= 4 is 46.6 Å². The lowest BCUT2D eigenvalue weighted by atomic mass is 10.1. The van der Waals surface area contributed by atoms with E-state index in [1.165, 1.54) is 12.1 Å². The molecule has 2 aromatic rings. The molecule has 2 aromatic carbocycles. The van der Waals surface area contributed by atoms with Gasteiger partial charge in [-0.1, -0.05) is 34.8 Å². The number of hydrogen-bond acceptors (Lipinski definition) is 4. The molecule has 0 aliphatic carbocycles. The highest BCUT2D eigenvalue weighted by molar-refractivity contribution is 6.34. The average Bonchev–Trinajstić information content (AvgIpc) is 2.82. The summed E-state index contributed by atoms with van der Waals surface area (Å²) >= 11 is 18.3. The second-order valence-corrected chi connectivity index (χ2v) is 6.43. The lowest BCUT2D eigenvalue weighted by Crippen LogP contribution is -2.36. The van der Waals surface area contributed by atoms with E-state index in [4.69, 9.17) is 44.3 Å². The Morgan fingerprint density at radius 2 is 1.71 bits per heavy atom. The molecule has 0 N–H and O–H groups in total. The van der Waals surface area contributed by atoms with E-state index in [1.54, 1.807) is 48.5 Å². The normalized spacial score (nSPS) is 17.2. The van der Waals surface area contributed by atoms with E-state index in [0.717, 1.165) is 0 Å². The molecule has 0 bridgehead atoms. The van der Waals surface area contributed by atoms with Crippen molar-refractivity contribution in [3.63, 3.8) is 0 Å². The number of cyclic esters (lactones) is 1. The van der Waals surface area contributed by atoms with Gasteiger partial charge in [-0.05, 0) is 36.4 Å². The first-order chi connectivity index (χ1) is 11.4. The summed E-state index contributed by atoms with van der Waals surface area (Å²) in [5, 5.41) is 4.37. The van der Waals surface area contributed by atoms with Crippen LogP contribution in [0.4, 0.5) is 10.5 Å². The molecular formula is C16H13Cl3N2O3. The number of carbonyl (C=O) groups is 1. The highest BCUT2D eigenvalue weighted by Gasteiger charge is 2.40. The van der Waals surface area contributed by atoms with Gasteiger partial charge in [0.15, 0.2) is 0 Å². The maximum Gasteiger partial charge on any atom is 0.430 e. The molecule has 126 valence electrons. The third kappa shape index (κ3) is 3.07. The van der Waals surface area contributed by atoms with Crippen LogP contribution in [0.1, 0.15) is 11.8 Å². The molecule has 1 aliphatic rings. The largest absolute Gasteiger partial charge is 0.495 e. The fourth-order valence-corrected chi connectivity index (χ4v) is 3.23. The molecule has 0 spiro atoms. The molecule has 5 nitrogen and oxygen atoms in total. The van der Waals surface area contributed by atoms with Gasteiger partial charge in [-0.2, -0.15) is 0 Å². The summed E-state index contributed by atoms with van der Waals surface area (Å²) in [6.45, 7) is 0. The smallest absolute Gasteiger partial charge is 0.430 e. The third-order valence-electron chi connectivity index (χ3n) is 3.58. The number of halogens is 3. The van der Waals surface area contributed by atoms with Gasteiger partial charge in [-0.15, -0.1) is 0 Å². The Kier molecular flexibility index (Phi) is 4.67. The van der Waals surface area contributed by atoms with Gasteiger partial charge >= 0.3 is 6.09 Å². The zero-order chi connectivity index (χ0) is 17.4. The lowest BCUT2D eigenvalue weighted by Gasteiger charge is -2.29. The number of hydrogen-bond donors (Lipinski definition) is 0. The molecule has 1 atom stereocenters. The molecule has 1 fully saturated rings. The molecule has 1 heterocycles. The van der Waals surface area contributed by atoms with E-state index in [2.05, 4.69) is 0 Å². The molecule has 0 saturated carbocycles. The van der Waals surface area contributed by atoms with Crippen LogP contribution < -0.4 is 9.75 Å². The van der Waals surface area contributed by atoms with Crippen LogP contribution in [-0.4, -0.2) is 25.3 Å². The monoisotopic (exact) mass is 386 g/mol. The number of benzene rings is 2. The van der Waals surface area contributed by atoms with E-state index < -0.39 is 12.3 Å². The van der Waals surface area contributed by atoms with Crippen molar-refractivity contribution in [2.24, 2.45) is 0 Å². The summed E-state index contributed by atoms with van der Waals surface area (Å²) < 4.78 is 10.9. The predicted octanol–water partition coefficient (Wildman–Crippen LogP) is 5.16. The Labute approximate surface area is 154 Å². The van der Waals surface area contributed by atoms with Gasteiger partial charge in [0.2, 0.25) is 6.23 Å². The van der Waals surface area contributed by atoms with Crippen molar-refractivity contribution < 1.29 is 14.3 Å². The molecule has 24 heavy (non-hydrogen) atoms. The van der Waals surface area contributed by atoms with E-state index >= 15 is 0 Å². The molecule has 1 saturated heterocycles. The zero-order valence-electron chi connectivity index (χ0n) is 12.8. The predicted molar refractivity (Wildman–Crippen MR) is 93.9 cm³/mol. The SMILES string of the molecule is COc1ccc(Cl)cc1N1C(c2cc(Cl)cc(Cl)c2)OC(=O)N1C. The number of amides is 1. The quantitative estimate of drug-likeness (QED) is 0.730. The number of nitrogens with zero attached hydrogens (tertiary/aromatic N) is 2. The molecule has 0 radical (unpaired) electrons. The number of ether oxygens (including phenoxy) is 2. The number of carbonyl (C=O) groups excluding carboxylic acids is 1. The van der Waals surface area contributed by atoms with Crippen LogP contribution >= 0.6 is 34.8 Å². The van der Waals surface area contributed by atoms with Crippen LogP contribution in [0.15, 0.2) is 36.4 Å². The highest BCUT2D eigenvalue weighted by atomic mass is 35.5. The van der Waals surface area contributed by atoms with E-state index in [-0.39, 0.29) is 0 Å². The van der Waals surface area contributed by atoms with Crippen LogP contribution in [-0.2, 0) is 4.74 Å². The maximum absolute atomic E-state index is 12.1. The third-order valence-corrected chi connectivity index (χ3v) is 4.25. The minimum absolute atomic E-state index is 0.445. The minimum atomic E-state index is -0.744. The Morgan fingerprint density at radius 1 is 1.04 bits per heavy atom. The summed E-state index contributed by atoms with van der Waals surface area (Å²) in [5.41, 5.74) is 1.21. The summed E-state index contributed by atoms with van der Waals surface area (Å²) in [5.74, 6) is 0.544. The standard InChI is InChI=1S/C16H13Cl3N2O3/c1-20-16(22)24-15(9-5-11(18)7-12(19)6-9)21(20)13-8-10(17)3-4-14(13)23-2/h3-8,15H,1-2H3. The lowest BCUT2D eigenvalue weighted by molar-refractivity contribution is 0.133. The average molecular weight is 388 g/mol. The van der Waals surface area contributed by atoms with Gasteiger partial charge in [-0.25, -0.2) is 14.8 Å². The van der Waals surface area contributed by atoms with Crippen molar-refractivity contribution in [1.82, 2.24) is 5.01 Å². The molecule has 1 aliphatic heterocycles. The molecule has 8 heteroatoms. The van der Waals surface area contributed by atoms with Crippen molar-refractivity contribution in [3.8, 4) is 5.75 Å². The van der Waals surface area contributed by atoms with Crippen molar-refractivity contribution in [1.29, 1.82) is 0 Å². The zero-order valence-corrected chi connectivity index (χ0v) is 15.1. The van der Waals surface area contributed by atoms with Gasteiger partial charge in [0.25, 0.3) is 0 Å². The Balaban J connectivity index is 2.12. The van der Waals surface area contributed by atoms with Gasteiger partial charge in [0.1, 0.15) is 11.4 Å². The second kappa shape index (κ2) is 6.59. The first-order valence-electron chi connectivity index (χ1n) is 6.93. The first-order valence-corrected chi connectivity index (χ1v) is 8.07. The Bertz CT molecular complexity index is 780. The highest BCUT2D eigenvalue weighted by Crippen LogP contribution is 2.42. The Morgan fingerprint density at radius 3 is 2.33 bits per heavy atom. The topological polar surface area (TPSA) is 42.0 Å². The van der Waals surface area contributed by atoms with Crippen LogP contribution in [0, 0.1) is 0 Å². The van der Waals surface area contributed by atoms with Gasteiger partial charge in [-0.3, -0.25) is 0 Å². The summed E-state index contributed by atoms with van der Waals surface area (Å²) in [4.78, 5) is 12.1. The van der Waals surface area contributed by atoms with Gasteiger partial charge in [0, 0.05) is 27.7 Å². The fourth-order valence-electron chi connectivity index (χ4n) is 2.52. The van der Waals surface area contributed by atoms with Gasteiger partial charge < -0.3 is 9.47 Å². The maximum atomic E-state index is 12.1. The van der Waals surface area contributed by atoms with Crippen LogP contribution in [0.5, 0.6) is 5.75 Å². The summed E-state index contributed by atoms with van der Waals surface area (Å²) in [7, 11) is 3.13. The minimum Gasteiger partial charge on any atom is -0.495 e. The number of rotatable bonds is 3. The molecule has 1 unspecified atom stereocenters. The van der Waals surface area contributed by atoms with Crippen LogP contribution in [0.3, 0.4) is 0 Å². The number of anilines is 1. The summed E-state index contributed by atoms with van der Waals surface area (Å²) in [6.07, 6.45) is -1.26. The number of methoxy groups -OCH3 is 1.